The topological polar surface area (TPSA) is 69.1 Å². The molecule has 0 bridgehead atoms. The average Bonchev–Trinajstić information content (AvgIpc) is 3.19. The van der Waals surface area contributed by atoms with E-state index in [4.69, 9.17) is 11.5 Å². The minimum Gasteiger partial charge on any atom is -0.368 e. The maximum atomic E-state index is 11.6. The molecule has 3 nitrogen and oxygen atoms in total. The third-order valence-electron chi connectivity index (χ3n) is 3.96. The summed E-state index contributed by atoms with van der Waals surface area (Å²) in [5.41, 5.74) is 12.3. The molecule has 110 valence electrons. The van der Waals surface area contributed by atoms with Crippen LogP contribution in [0.15, 0.2) is 29.2 Å². The van der Waals surface area contributed by atoms with Crippen molar-refractivity contribution in [2.45, 2.75) is 49.5 Å². The summed E-state index contributed by atoms with van der Waals surface area (Å²) in [6.07, 6.45) is 2.03. The van der Waals surface area contributed by atoms with Gasteiger partial charge in [0.2, 0.25) is 5.91 Å². The van der Waals surface area contributed by atoms with Gasteiger partial charge in [-0.25, -0.2) is 0 Å². The van der Waals surface area contributed by atoms with Crippen LogP contribution >= 0.6 is 11.8 Å². The van der Waals surface area contributed by atoms with Crippen LogP contribution in [0.2, 0.25) is 0 Å². The average molecular weight is 292 g/mol. The molecule has 0 radical (unpaired) electrons. The zero-order valence-corrected chi connectivity index (χ0v) is 13.3. The molecular formula is C16H24N2OS. The lowest BCUT2D eigenvalue weighted by Gasteiger charge is -2.25. The first-order valence-electron chi connectivity index (χ1n) is 7.05. The van der Waals surface area contributed by atoms with Gasteiger partial charge in [0.25, 0.3) is 0 Å². The molecule has 0 aliphatic heterocycles. The van der Waals surface area contributed by atoms with Crippen LogP contribution < -0.4 is 11.5 Å². The first-order valence-corrected chi connectivity index (χ1v) is 8.04. The maximum Gasteiger partial charge on any atom is 0.238 e. The molecule has 1 saturated carbocycles. The van der Waals surface area contributed by atoms with Gasteiger partial charge in [-0.1, -0.05) is 32.9 Å². The van der Waals surface area contributed by atoms with Crippen molar-refractivity contribution in [3.63, 3.8) is 0 Å². The van der Waals surface area contributed by atoms with Crippen LogP contribution in [-0.2, 0) is 10.2 Å². The van der Waals surface area contributed by atoms with E-state index in [0.29, 0.717) is 5.75 Å². The van der Waals surface area contributed by atoms with Crippen molar-refractivity contribution in [3.05, 3.63) is 29.8 Å². The quantitative estimate of drug-likeness (QED) is 0.820. The summed E-state index contributed by atoms with van der Waals surface area (Å²) in [6.45, 7) is 6.58. The fraction of sp³-hybridized carbons (Fsp3) is 0.562. The van der Waals surface area contributed by atoms with Gasteiger partial charge in [0.15, 0.2) is 0 Å². The first-order chi connectivity index (χ1) is 9.23. The Hall–Kier alpha value is -1.00. The zero-order chi connectivity index (χ0) is 15.0. The maximum absolute atomic E-state index is 11.6. The molecule has 0 heterocycles. The molecule has 1 aliphatic rings. The van der Waals surface area contributed by atoms with E-state index < -0.39 is 5.54 Å². The van der Waals surface area contributed by atoms with Crippen molar-refractivity contribution in [1.82, 2.24) is 0 Å². The van der Waals surface area contributed by atoms with E-state index in [0.717, 1.165) is 17.7 Å². The van der Waals surface area contributed by atoms with Gasteiger partial charge in [-0.15, -0.1) is 11.8 Å². The van der Waals surface area contributed by atoms with Crippen LogP contribution in [0.3, 0.4) is 0 Å². The van der Waals surface area contributed by atoms with Crippen LogP contribution in [0.25, 0.3) is 0 Å². The monoisotopic (exact) mass is 292 g/mol. The molecule has 20 heavy (non-hydrogen) atoms. The number of amides is 1. The van der Waals surface area contributed by atoms with Crippen molar-refractivity contribution in [2.24, 2.45) is 17.4 Å². The number of nitrogens with two attached hydrogens (primary N) is 2. The second kappa shape index (κ2) is 5.41. The Morgan fingerprint density at radius 3 is 2.20 bits per heavy atom. The van der Waals surface area contributed by atoms with E-state index in [1.165, 1.54) is 5.56 Å². The molecule has 1 atom stereocenters. The van der Waals surface area contributed by atoms with Gasteiger partial charge < -0.3 is 11.5 Å². The summed E-state index contributed by atoms with van der Waals surface area (Å²) in [5, 5.41) is 0. The molecule has 1 aliphatic carbocycles. The molecule has 1 amide bonds. The Balaban J connectivity index is 2.02. The van der Waals surface area contributed by atoms with E-state index >= 15 is 0 Å². The van der Waals surface area contributed by atoms with Crippen molar-refractivity contribution in [1.29, 1.82) is 0 Å². The molecule has 0 spiro atoms. The summed E-state index contributed by atoms with van der Waals surface area (Å²) in [7, 11) is 0. The zero-order valence-electron chi connectivity index (χ0n) is 12.5. The van der Waals surface area contributed by atoms with E-state index in [1.54, 1.807) is 11.8 Å². The molecule has 1 aromatic rings. The number of hydrogen-bond donors (Lipinski definition) is 2. The third kappa shape index (κ3) is 3.36. The predicted molar refractivity (Wildman–Crippen MR) is 84.7 cm³/mol. The van der Waals surface area contributed by atoms with E-state index in [-0.39, 0.29) is 17.2 Å². The van der Waals surface area contributed by atoms with Crippen LogP contribution in [-0.4, -0.2) is 17.2 Å². The Labute approximate surface area is 125 Å². The molecule has 1 aromatic carbocycles. The number of thioether (sulfide) groups is 1. The standard InChI is InChI=1S/C16H24N2OS/c1-15(2,3)11-6-8-13(9-7-11)20-10-16(18,14(17)19)12-4-5-12/h6-9,12H,4-5,10,18H2,1-3H3,(H2,17,19). The highest BCUT2D eigenvalue weighted by atomic mass is 32.2. The van der Waals surface area contributed by atoms with Crippen molar-refractivity contribution in [2.75, 3.05) is 5.75 Å². The summed E-state index contributed by atoms with van der Waals surface area (Å²) in [4.78, 5) is 12.7. The molecule has 1 unspecified atom stereocenters. The molecular weight excluding hydrogens is 268 g/mol. The SMILES string of the molecule is CC(C)(C)c1ccc(SCC(N)(C(N)=O)C2CC2)cc1. The number of hydrogen-bond acceptors (Lipinski definition) is 3. The Kier molecular flexibility index (Phi) is 4.17. The van der Waals surface area contributed by atoms with E-state index in [9.17, 15) is 4.79 Å². The number of carbonyl (C=O) groups is 1. The van der Waals surface area contributed by atoms with Crippen LogP contribution in [0.5, 0.6) is 0 Å². The Morgan fingerprint density at radius 1 is 1.25 bits per heavy atom. The van der Waals surface area contributed by atoms with Gasteiger partial charge in [-0.05, 0) is 41.9 Å². The smallest absolute Gasteiger partial charge is 0.238 e. The number of rotatable bonds is 5. The minimum absolute atomic E-state index is 0.155. The fourth-order valence-electron chi connectivity index (χ4n) is 2.24. The molecule has 4 heteroatoms. The third-order valence-corrected chi connectivity index (χ3v) is 5.19. The second-order valence-corrected chi connectivity index (χ2v) is 7.79. The number of benzene rings is 1. The first kappa shape index (κ1) is 15.4. The Bertz CT molecular complexity index is 488. The van der Waals surface area contributed by atoms with Crippen molar-refractivity contribution in [3.8, 4) is 0 Å². The summed E-state index contributed by atoms with van der Waals surface area (Å²) in [6, 6.07) is 8.48. The lowest BCUT2D eigenvalue weighted by Crippen LogP contribution is -2.56. The van der Waals surface area contributed by atoms with Gasteiger partial charge in [-0.3, -0.25) is 4.79 Å². The molecule has 2 rings (SSSR count). The largest absolute Gasteiger partial charge is 0.368 e. The van der Waals surface area contributed by atoms with Crippen LogP contribution in [0.4, 0.5) is 0 Å². The number of carbonyl (C=O) groups excluding carboxylic acids is 1. The lowest BCUT2D eigenvalue weighted by atomic mass is 9.87. The van der Waals surface area contributed by atoms with Crippen molar-refractivity contribution < 1.29 is 4.79 Å². The summed E-state index contributed by atoms with van der Waals surface area (Å²) < 4.78 is 0. The van der Waals surface area contributed by atoms with Gasteiger partial charge >= 0.3 is 0 Å². The molecule has 1 fully saturated rings. The van der Waals surface area contributed by atoms with Gasteiger partial charge in [0.05, 0.1) is 0 Å². The van der Waals surface area contributed by atoms with E-state index in [2.05, 4.69) is 45.0 Å². The highest BCUT2D eigenvalue weighted by Crippen LogP contribution is 2.41. The normalized spacial score (nSPS) is 18.6. The number of primary amides is 1. The summed E-state index contributed by atoms with van der Waals surface area (Å²) in [5.74, 6) is 0.446. The van der Waals surface area contributed by atoms with E-state index in [1.807, 2.05) is 0 Å². The highest BCUT2D eigenvalue weighted by Gasteiger charge is 2.46. The summed E-state index contributed by atoms with van der Waals surface area (Å²) >= 11 is 1.62. The van der Waals surface area contributed by atoms with Crippen molar-refractivity contribution >= 4 is 17.7 Å². The highest BCUT2D eigenvalue weighted by molar-refractivity contribution is 7.99. The second-order valence-electron chi connectivity index (χ2n) is 6.74. The molecule has 0 saturated heterocycles. The van der Waals surface area contributed by atoms with Crippen LogP contribution in [0, 0.1) is 5.92 Å². The van der Waals surface area contributed by atoms with Gasteiger partial charge in [0.1, 0.15) is 5.54 Å². The van der Waals surface area contributed by atoms with Gasteiger partial charge in [0, 0.05) is 10.6 Å². The minimum atomic E-state index is -0.854. The Morgan fingerprint density at radius 2 is 1.80 bits per heavy atom. The molecule has 0 aromatic heterocycles. The predicted octanol–water partition coefficient (Wildman–Crippen LogP) is 2.67. The fourth-order valence-corrected chi connectivity index (χ4v) is 3.35. The van der Waals surface area contributed by atoms with Crippen LogP contribution in [0.1, 0.15) is 39.2 Å². The lowest BCUT2D eigenvalue weighted by molar-refractivity contribution is -0.123. The molecule has 4 N–H and O–H groups in total. The van der Waals surface area contributed by atoms with Gasteiger partial charge in [-0.2, -0.15) is 0 Å².